The molecule has 0 radical (unpaired) electrons. The molecule has 0 aliphatic heterocycles. The van der Waals surface area contributed by atoms with Gasteiger partial charge in [0.1, 0.15) is 0 Å². The van der Waals surface area contributed by atoms with E-state index in [2.05, 4.69) is 6.92 Å². The Kier molecular flexibility index (Phi) is 6.85. The van der Waals surface area contributed by atoms with Gasteiger partial charge in [0.15, 0.2) is 0 Å². The van der Waals surface area contributed by atoms with Gasteiger partial charge in [0.05, 0.1) is 5.69 Å². The number of benzene rings is 1. The van der Waals surface area contributed by atoms with Crippen LogP contribution < -0.4 is 9.64 Å². The first-order valence-electron chi connectivity index (χ1n) is 9.90. The molecule has 5 nitrogen and oxygen atoms in total. The number of hydrogen-bond acceptors (Lipinski definition) is 4. The minimum absolute atomic E-state index is 0.0369. The van der Waals surface area contributed by atoms with Crippen molar-refractivity contribution in [2.24, 2.45) is 11.8 Å². The molecule has 156 valence electrons. The molecule has 1 aromatic carbocycles. The lowest BCUT2D eigenvalue weighted by atomic mass is 9.82. The minimum atomic E-state index is -1.39. The Morgan fingerprint density at radius 3 is 2.34 bits per heavy atom. The maximum atomic E-state index is 13.4. The molecule has 1 fully saturated rings. The van der Waals surface area contributed by atoms with E-state index in [0.717, 1.165) is 36.1 Å². The van der Waals surface area contributed by atoms with Gasteiger partial charge < -0.3 is 14.7 Å². The molecular weight excluding hydrogens is 410 g/mol. The first-order chi connectivity index (χ1) is 13.8. The molecule has 1 aliphatic carbocycles. The van der Waals surface area contributed by atoms with Crippen molar-refractivity contribution in [1.82, 2.24) is 0 Å². The Bertz CT molecular complexity index is 869. The molecule has 1 aliphatic rings. The number of hydrogen-bond donors (Lipinski definition) is 1. The molecule has 7 heteroatoms. The third-order valence-electron chi connectivity index (χ3n) is 5.37. The highest BCUT2D eigenvalue weighted by molar-refractivity contribution is 7.18. The van der Waals surface area contributed by atoms with E-state index in [1.165, 1.54) is 11.3 Å². The summed E-state index contributed by atoms with van der Waals surface area (Å²) in [6.07, 6.45) is 2.43. The summed E-state index contributed by atoms with van der Waals surface area (Å²) < 4.78 is 5.07. The van der Waals surface area contributed by atoms with Crippen molar-refractivity contribution >= 4 is 40.7 Å². The molecule has 1 saturated carbocycles. The summed E-state index contributed by atoms with van der Waals surface area (Å²) in [6, 6.07) is 9.02. The van der Waals surface area contributed by atoms with Gasteiger partial charge in [-0.1, -0.05) is 42.0 Å². The highest BCUT2D eigenvalue weighted by Crippen LogP contribution is 2.45. The van der Waals surface area contributed by atoms with Crippen molar-refractivity contribution in [1.29, 1.82) is 0 Å². The first kappa shape index (κ1) is 21.7. The van der Waals surface area contributed by atoms with Gasteiger partial charge in [-0.3, -0.25) is 4.79 Å². The molecule has 1 heterocycles. The summed E-state index contributed by atoms with van der Waals surface area (Å²) in [5, 5.41) is 10.0. The molecule has 1 amide bonds. The van der Waals surface area contributed by atoms with Crippen molar-refractivity contribution in [3.05, 3.63) is 35.4 Å². The van der Waals surface area contributed by atoms with Crippen molar-refractivity contribution in [2.45, 2.75) is 52.5 Å². The second-order valence-electron chi connectivity index (χ2n) is 7.92. The predicted octanol–water partition coefficient (Wildman–Crippen LogP) is 6.69. The van der Waals surface area contributed by atoms with E-state index in [1.807, 2.05) is 32.0 Å². The molecular formula is C22H26ClNO4S. The van der Waals surface area contributed by atoms with Crippen LogP contribution in [0.15, 0.2) is 30.3 Å². The number of anilines is 1. The Hall–Kier alpha value is -2.05. The molecule has 0 bridgehead atoms. The predicted molar refractivity (Wildman–Crippen MR) is 117 cm³/mol. The van der Waals surface area contributed by atoms with Gasteiger partial charge in [0.25, 0.3) is 0 Å². The lowest BCUT2D eigenvalue weighted by Crippen LogP contribution is -2.42. The average Bonchev–Trinajstić information content (AvgIpc) is 3.05. The Balaban J connectivity index is 1.98. The van der Waals surface area contributed by atoms with Crippen LogP contribution >= 0.6 is 22.9 Å². The van der Waals surface area contributed by atoms with E-state index in [4.69, 9.17) is 16.3 Å². The Morgan fingerprint density at radius 1 is 1.17 bits per heavy atom. The van der Waals surface area contributed by atoms with Crippen LogP contribution in [0.3, 0.4) is 0 Å². The highest BCUT2D eigenvalue weighted by atomic mass is 35.5. The van der Waals surface area contributed by atoms with Crippen molar-refractivity contribution < 1.29 is 19.4 Å². The van der Waals surface area contributed by atoms with Gasteiger partial charge in [-0.15, -0.1) is 0 Å². The quantitative estimate of drug-likeness (QED) is 0.531. The largest absolute Gasteiger partial charge is 0.512 e. The number of carbonyl (C=O) groups is 2. The van der Waals surface area contributed by atoms with Gasteiger partial charge >= 0.3 is 6.16 Å². The number of nitrogens with zero attached hydrogens (tertiary/aromatic N) is 1. The lowest BCUT2D eigenvalue weighted by Gasteiger charge is -2.33. The molecule has 0 spiro atoms. The number of rotatable bonds is 5. The van der Waals surface area contributed by atoms with Crippen LogP contribution in [0.25, 0.3) is 10.4 Å². The number of thiophene rings is 1. The van der Waals surface area contributed by atoms with Crippen LogP contribution in [-0.2, 0) is 4.79 Å². The number of carboxylic acid groups (broad SMARTS) is 1. The smallest absolute Gasteiger partial charge is 0.449 e. The first-order valence-corrected chi connectivity index (χ1v) is 11.1. The second kappa shape index (κ2) is 9.18. The van der Waals surface area contributed by atoms with E-state index in [1.54, 1.807) is 17.0 Å². The van der Waals surface area contributed by atoms with Gasteiger partial charge in [-0.25, -0.2) is 4.79 Å². The summed E-state index contributed by atoms with van der Waals surface area (Å²) in [4.78, 5) is 27.2. The summed E-state index contributed by atoms with van der Waals surface area (Å²) in [5.41, 5.74) is 1.41. The lowest BCUT2D eigenvalue weighted by molar-refractivity contribution is -0.123. The topological polar surface area (TPSA) is 66.8 Å². The van der Waals surface area contributed by atoms with Crippen LogP contribution in [0.4, 0.5) is 10.5 Å². The van der Waals surface area contributed by atoms with E-state index < -0.39 is 6.16 Å². The minimum Gasteiger partial charge on any atom is -0.449 e. The fraction of sp³-hybridized carbons (Fsp3) is 0.455. The van der Waals surface area contributed by atoms with Crippen LogP contribution in [0.1, 0.15) is 46.5 Å². The molecule has 1 N–H and O–H groups in total. The van der Waals surface area contributed by atoms with E-state index in [0.29, 0.717) is 16.6 Å². The van der Waals surface area contributed by atoms with Crippen molar-refractivity contribution in [3.8, 4) is 15.5 Å². The van der Waals surface area contributed by atoms with Gasteiger partial charge in [-0.2, -0.15) is 0 Å². The summed E-state index contributed by atoms with van der Waals surface area (Å²) in [5.74, 6) is 0.655. The molecule has 3 rings (SSSR count). The van der Waals surface area contributed by atoms with Crippen molar-refractivity contribution in [2.75, 3.05) is 4.90 Å². The molecule has 1 aromatic heterocycles. The van der Waals surface area contributed by atoms with E-state index in [-0.39, 0.29) is 22.9 Å². The average molecular weight is 436 g/mol. The summed E-state index contributed by atoms with van der Waals surface area (Å²) in [7, 11) is 0. The number of amides is 1. The second-order valence-corrected chi connectivity index (χ2v) is 9.37. The molecule has 29 heavy (non-hydrogen) atoms. The monoisotopic (exact) mass is 435 g/mol. The van der Waals surface area contributed by atoms with E-state index in [9.17, 15) is 14.7 Å². The maximum Gasteiger partial charge on any atom is 0.512 e. The molecule has 0 unspecified atom stereocenters. The zero-order chi connectivity index (χ0) is 21.1. The van der Waals surface area contributed by atoms with E-state index >= 15 is 0 Å². The summed E-state index contributed by atoms with van der Waals surface area (Å²) >= 11 is 7.20. The highest BCUT2D eigenvalue weighted by Gasteiger charge is 2.33. The molecule has 0 atom stereocenters. The third kappa shape index (κ3) is 5.11. The standard InChI is InChI=1S/C22H26ClNO4S/c1-13(2)24(20(25)16-6-4-14(3)5-7-16)18-12-19(29-21(18)28-22(26)27)15-8-10-17(23)11-9-15/h8-14,16H,4-7H2,1-3H3,(H,26,27). The van der Waals surface area contributed by atoms with Gasteiger partial charge in [0, 0.05) is 21.9 Å². The van der Waals surface area contributed by atoms with Crippen molar-refractivity contribution in [3.63, 3.8) is 0 Å². The fourth-order valence-corrected chi connectivity index (χ4v) is 4.92. The van der Waals surface area contributed by atoms with Gasteiger partial charge in [-0.05, 0) is 69.2 Å². The Morgan fingerprint density at radius 2 is 1.79 bits per heavy atom. The molecule has 2 aromatic rings. The fourth-order valence-electron chi connectivity index (χ4n) is 3.80. The summed E-state index contributed by atoms with van der Waals surface area (Å²) in [6.45, 7) is 6.10. The molecule has 0 saturated heterocycles. The normalized spacial score (nSPS) is 19.2. The Labute approximate surface area is 180 Å². The number of carbonyl (C=O) groups excluding carboxylic acids is 1. The van der Waals surface area contributed by atoms with Gasteiger partial charge in [0.2, 0.25) is 11.0 Å². The van der Waals surface area contributed by atoms with Crippen LogP contribution in [-0.4, -0.2) is 23.2 Å². The SMILES string of the molecule is CC1CCC(C(=O)N(c2cc(-c3ccc(Cl)cc3)sc2OC(=O)O)C(C)C)CC1. The zero-order valence-electron chi connectivity index (χ0n) is 16.9. The number of halogens is 1. The third-order valence-corrected chi connectivity index (χ3v) is 6.67. The van der Waals surface area contributed by atoms with Crippen LogP contribution in [0.5, 0.6) is 5.06 Å². The zero-order valence-corrected chi connectivity index (χ0v) is 18.4. The maximum absolute atomic E-state index is 13.4. The van der Waals surface area contributed by atoms with Crippen LogP contribution in [0, 0.1) is 11.8 Å². The van der Waals surface area contributed by atoms with Crippen LogP contribution in [0.2, 0.25) is 5.02 Å². The number of ether oxygens (including phenoxy) is 1.